The predicted octanol–water partition coefficient (Wildman–Crippen LogP) is 5.66. The van der Waals surface area contributed by atoms with E-state index in [1.165, 1.54) is 43.2 Å². The van der Waals surface area contributed by atoms with Gasteiger partial charge in [-0.25, -0.2) is 4.39 Å². The minimum absolute atomic E-state index is 0.0467. The Hall–Kier alpha value is -2.71. The highest BCUT2D eigenvalue weighted by atomic mass is 32.2. The molecule has 1 aromatic heterocycles. The van der Waals surface area contributed by atoms with Crippen LogP contribution in [0.5, 0.6) is 0 Å². The first-order chi connectivity index (χ1) is 17.0. The quantitative estimate of drug-likeness (QED) is 0.359. The van der Waals surface area contributed by atoms with Crippen LogP contribution in [-0.2, 0) is 4.79 Å². The van der Waals surface area contributed by atoms with Gasteiger partial charge < -0.3 is 4.90 Å². The highest BCUT2D eigenvalue weighted by Gasteiger charge is 2.31. The number of benzene rings is 2. The molecule has 3 aromatic rings. The molecule has 0 unspecified atom stereocenters. The Kier molecular flexibility index (Phi) is 8.57. The van der Waals surface area contributed by atoms with E-state index in [0.717, 1.165) is 30.2 Å². The maximum atomic E-state index is 13.8. The van der Waals surface area contributed by atoms with Gasteiger partial charge in [-0.05, 0) is 76.5 Å². The van der Waals surface area contributed by atoms with E-state index in [9.17, 15) is 9.18 Å². The molecular formula is C27H34FN5OS. The number of carbonyl (C=O) groups is 1. The molecule has 1 aliphatic heterocycles. The number of piperidine rings is 1. The fourth-order valence-corrected chi connectivity index (χ4v) is 5.77. The fourth-order valence-electron chi connectivity index (χ4n) is 4.63. The van der Waals surface area contributed by atoms with Crippen molar-refractivity contribution in [1.82, 2.24) is 24.6 Å². The van der Waals surface area contributed by atoms with Crippen LogP contribution < -0.4 is 0 Å². The molecule has 0 aliphatic carbocycles. The monoisotopic (exact) mass is 495 g/mol. The molecule has 2 heterocycles. The van der Waals surface area contributed by atoms with Crippen molar-refractivity contribution in [2.24, 2.45) is 0 Å². The molecule has 2 aromatic carbocycles. The van der Waals surface area contributed by atoms with Crippen LogP contribution in [0.4, 0.5) is 4.39 Å². The number of carbonyl (C=O) groups excluding carboxylic acids is 1. The lowest BCUT2D eigenvalue weighted by Gasteiger charge is -2.32. The Balaban J connectivity index is 1.76. The zero-order valence-electron chi connectivity index (χ0n) is 20.7. The minimum Gasteiger partial charge on any atom is -0.342 e. The number of nitrogens with zero attached hydrogens (tertiary/aromatic N) is 5. The molecule has 1 aliphatic rings. The second-order valence-electron chi connectivity index (χ2n) is 8.84. The number of hydrogen-bond acceptors (Lipinski definition) is 5. The van der Waals surface area contributed by atoms with Gasteiger partial charge in [0.2, 0.25) is 5.91 Å². The second-order valence-corrected chi connectivity index (χ2v) is 9.92. The van der Waals surface area contributed by atoms with Gasteiger partial charge in [0, 0.05) is 18.8 Å². The van der Waals surface area contributed by atoms with E-state index in [1.807, 2.05) is 53.6 Å². The van der Waals surface area contributed by atoms with Gasteiger partial charge in [-0.2, -0.15) is 0 Å². The van der Waals surface area contributed by atoms with Crippen LogP contribution in [0.2, 0.25) is 0 Å². The van der Waals surface area contributed by atoms with Gasteiger partial charge in [0.05, 0.1) is 6.04 Å². The van der Waals surface area contributed by atoms with Crippen molar-refractivity contribution in [3.8, 4) is 5.69 Å². The predicted molar refractivity (Wildman–Crippen MR) is 138 cm³/mol. The van der Waals surface area contributed by atoms with Crippen molar-refractivity contribution >= 4 is 17.7 Å². The second kappa shape index (κ2) is 11.8. The number of hydrogen-bond donors (Lipinski definition) is 0. The molecular weight excluding hydrogens is 461 g/mol. The van der Waals surface area contributed by atoms with Crippen LogP contribution >= 0.6 is 11.8 Å². The Morgan fingerprint density at radius 2 is 1.66 bits per heavy atom. The lowest BCUT2D eigenvalue weighted by molar-refractivity contribution is -0.130. The van der Waals surface area contributed by atoms with Gasteiger partial charge in [-0.1, -0.05) is 48.5 Å². The lowest BCUT2D eigenvalue weighted by Crippen LogP contribution is -2.34. The number of likely N-dealkylation sites (N-methyl/N-ethyl adjacent to an activating group) is 1. The first-order valence-corrected chi connectivity index (χ1v) is 13.4. The summed E-state index contributed by atoms with van der Waals surface area (Å²) in [7, 11) is 0. The molecule has 1 saturated heterocycles. The molecule has 6 nitrogen and oxygen atoms in total. The summed E-state index contributed by atoms with van der Waals surface area (Å²) in [6.45, 7) is 9.46. The summed E-state index contributed by atoms with van der Waals surface area (Å²) < 4.78 is 15.8. The van der Waals surface area contributed by atoms with E-state index in [0.29, 0.717) is 18.2 Å². The third-order valence-electron chi connectivity index (χ3n) is 6.68. The summed E-state index contributed by atoms with van der Waals surface area (Å²) in [5.74, 6) is 0.564. The zero-order valence-corrected chi connectivity index (χ0v) is 21.5. The Labute approximate surface area is 211 Å². The molecule has 186 valence electrons. The van der Waals surface area contributed by atoms with Crippen molar-refractivity contribution in [2.75, 3.05) is 26.2 Å². The van der Waals surface area contributed by atoms with Crippen LogP contribution in [0.25, 0.3) is 5.69 Å². The van der Waals surface area contributed by atoms with Crippen molar-refractivity contribution in [3.05, 3.63) is 71.8 Å². The molecule has 2 atom stereocenters. The molecule has 0 N–H and O–H groups in total. The number of amides is 1. The van der Waals surface area contributed by atoms with Gasteiger partial charge in [0.15, 0.2) is 11.0 Å². The Morgan fingerprint density at radius 3 is 2.29 bits per heavy atom. The summed E-state index contributed by atoms with van der Waals surface area (Å²) >= 11 is 1.41. The van der Waals surface area contributed by atoms with Gasteiger partial charge in [0.25, 0.3) is 0 Å². The van der Waals surface area contributed by atoms with Gasteiger partial charge in [-0.15, -0.1) is 10.2 Å². The van der Waals surface area contributed by atoms with Crippen LogP contribution in [0, 0.1) is 5.82 Å². The van der Waals surface area contributed by atoms with Crippen molar-refractivity contribution in [3.63, 3.8) is 0 Å². The van der Waals surface area contributed by atoms with E-state index < -0.39 is 5.25 Å². The molecule has 1 fully saturated rings. The maximum Gasteiger partial charge on any atom is 0.240 e. The average Bonchev–Trinajstić information content (AvgIpc) is 3.32. The molecule has 8 heteroatoms. The molecule has 35 heavy (non-hydrogen) atoms. The Bertz CT molecular complexity index is 1090. The van der Waals surface area contributed by atoms with E-state index in [-0.39, 0.29) is 17.8 Å². The van der Waals surface area contributed by atoms with E-state index in [4.69, 9.17) is 0 Å². The number of aromatic nitrogens is 3. The van der Waals surface area contributed by atoms with Crippen LogP contribution in [0.15, 0.2) is 59.8 Å². The van der Waals surface area contributed by atoms with Crippen LogP contribution in [0.1, 0.15) is 62.7 Å². The van der Waals surface area contributed by atoms with Crippen molar-refractivity contribution < 1.29 is 9.18 Å². The minimum atomic E-state index is -0.461. The van der Waals surface area contributed by atoms with Crippen molar-refractivity contribution in [2.45, 2.75) is 56.5 Å². The summed E-state index contributed by atoms with van der Waals surface area (Å²) in [4.78, 5) is 17.9. The molecule has 0 spiro atoms. The summed E-state index contributed by atoms with van der Waals surface area (Å²) in [6.07, 6.45) is 3.59. The number of likely N-dealkylation sites (tertiary alicyclic amines) is 1. The van der Waals surface area contributed by atoms with Crippen LogP contribution in [-0.4, -0.2) is 56.7 Å². The molecule has 1 amide bonds. The third kappa shape index (κ3) is 5.76. The number of halogens is 1. The summed E-state index contributed by atoms with van der Waals surface area (Å²) in [5, 5.41) is 9.36. The highest BCUT2D eigenvalue weighted by Crippen LogP contribution is 2.38. The van der Waals surface area contributed by atoms with Gasteiger partial charge in [0.1, 0.15) is 11.1 Å². The third-order valence-corrected chi connectivity index (χ3v) is 7.86. The van der Waals surface area contributed by atoms with Crippen LogP contribution in [0.3, 0.4) is 0 Å². The summed E-state index contributed by atoms with van der Waals surface area (Å²) in [5.41, 5.74) is 1.72. The smallest absolute Gasteiger partial charge is 0.240 e. The van der Waals surface area contributed by atoms with E-state index >= 15 is 0 Å². The Morgan fingerprint density at radius 1 is 1.00 bits per heavy atom. The topological polar surface area (TPSA) is 54.3 Å². The number of rotatable bonds is 9. The lowest BCUT2D eigenvalue weighted by atomic mass is 10.1. The van der Waals surface area contributed by atoms with Gasteiger partial charge in [-0.3, -0.25) is 14.3 Å². The van der Waals surface area contributed by atoms with E-state index in [1.54, 1.807) is 12.1 Å². The standard InChI is InChI=1S/C27H34FN5OS/c1-4-31(5-2)26(34)24(21-12-8-6-9-13-21)35-27-30-29-25(20(3)32-18-10-7-11-19-32)33(27)23-16-14-22(28)15-17-23/h6,8-9,12-17,20,24H,4-5,7,10-11,18-19H2,1-3H3/t20-,24-/m1/s1. The van der Waals surface area contributed by atoms with E-state index in [2.05, 4.69) is 22.0 Å². The average molecular weight is 496 g/mol. The highest BCUT2D eigenvalue weighted by molar-refractivity contribution is 8.00. The first-order valence-electron chi connectivity index (χ1n) is 12.5. The first kappa shape index (κ1) is 25.4. The molecule has 4 rings (SSSR count). The molecule has 0 bridgehead atoms. The largest absolute Gasteiger partial charge is 0.342 e. The molecule has 0 saturated carbocycles. The fraction of sp³-hybridized carbons (Fsp3) is 0.444. The summed E-state index contributed by atoms with van der Waals surface area (Å²) in [6, 6.07) is 16.3. The SMILES string of the molecule is CCN(CC)C(=O)[C@H](Sc1nnc([C@@H](C)N2CCCCC2)n1-c1ccc(F)cc1)c1ccccc1. The normalized spacial score (nSPS) is 16.1. The maximum absolute atomic E-state index is 13.8. The molecule has 0 radical (unpaired) electrons. The number of thioether (sulfide) groups is 1. The van der Waals surface area contributed by atoms with Gasteiger partial charge >= 0.3 is 0 Å². The van der Waals surface area contributed by atoms with Crippen molar-refractivity contribution in [1.29, 1.82) is 0 Å². The zero-order chi connectivity index (χ0) is 24.8.